The minimum atomic E-state index is -0.492. The highest BCUT2D eigenvalue weighted by Crippen LogP contribution is 2.17. The zero-order valence-corrected chi connectivity index (χ0v) is 20.3. The van der Waals surface area contributed by atoms with Gasteiger partial charge in [-0.05, 0) is 47.0 Å². The lowest BCUT2D eigenvalue weighted by Gasteiger charge is -2.06. The number of aromatic nitrogens is 3. The first-order valence-electron chi connectivity index (χ1n) is 10.8. The van der Waals surface area contributed by atoms with Crippen LogP contribution in [0.4, 0.5) is 17.6 Å². The summed E-state index contributed by atoms with van der Waals surface area (Å²) in [6, 6.07) is 20.6. The van der Waals surface area contributed by atoms with Crippen molar-refractivity contribution in [3.05, 3.63) is 116 Å². The summed E-state index contributed by atoms with van der Waals surface area (Å²) in [6.45, 7) is 0.809. The molecule has 9 nitrogen and oxygen atoms in total. The SMILES string of the molecule is O=C(/C=C/c1cccc([N+](=O)[O-])c1)n1nc(NCc2ccc(Cl)cc2)nc1NCc1ccc(Cl)cc1. The van der Waals surface area contributed by atoms with Gasteiger partial charge < -0.3 is 10.6 Å². The van der Waals surface area contributed by atoms with Crippen LogP contribution in [-0.4, -0.2) is 25.6 Å². The second kappa shape index (κ2) is 11.5. The molecule has 0 fully saturated rings. The average Bonchev–Trinajstić information content (AvgIpc) is 3.30. The quantitative estimate of drug-likeness (QED) is 0.155. The van der Waals surface area contributed by atoms with E-state index in [0.717, 1.165) is 15.8 Å². The molecule has 0 amide bonds. The molecule has 0 saturated heterocycles. The molecule has 11 heteroatoms. The van der Waals surface area contributed by atoms with Gasteiger partial charge in [-0.25, -0.2) is 0 Å². The van der Waals surface area contributed by atoms with Crippen molar-refractivity contribution in [3.8, 4) is 0 Å². The van der Waals surface area contributed by atoms with Gasteiger partial charge in [0.2, 0.25) is 11.9 Å². The number of hydrogen-bond donors (Lipinski definition) is 2. The van der Waals surface area contributed by atoms with E-state index >= 15 is 0 Å². The van der Waals surface area contributed by atoms with E-state index in [2.05, 4.69) is 20.7 Å². The number of allylic oxidation sites excluding steroid dienone is 1. The van der Waals surface area contributed by atoms with E-state index in [1.165, 1.54) is 24.3 Å². The van der Waals surface area contributed by atoms with Crippen LogP contribution < -0.4 is 10.6 Å². The highest BCUT2D eigenvalue weighted by atomic mass is 35.5. The number of nitro benzene ring substituents is 1. The van der Waals surface area contributed by atoms with Gasteiger partial charge in [-0.15, -0.1) is 5.10 Å². The van der Waals surface area contributed by atoms with E-state index in [1.807, 2.05) is 24.3 Å². The number of non-ortho nitro benzene ring substituents is 1. The smallest absolute Gasteiger partial charge is 0.274 e. The summed E-state index contributed by atoms with van der Waals surface area (Å²) in [5, 5.41) is 22.8. The Morgan fingerprint density at radius 1 is 0.944 bits per heavy atom. The molecule has 0 bridgehead atoms. The molecule has 0 spiro atoms. The Bertz CT molecular complexity index is 1400. The molecule has 0 aliphatic heterocycles. The van der Waals surface area contributed by atoms with Gasteiger partial charge in [-0.1, -0.05) is 59.6 Å². The maximum absolute atomic E-state index is 13.0. The summed E-state index contributed by atoms with van der Waals surface area (Å²) in [6.07, 6.45) is 2.77. The van der Waals surface area contributed by atoms with Crippen LogP contribution in [-0.2, 0) is 13.1 Å². The molecule has 0 aliphatic rings. The molecule has 4 aromatic rings. The van der Waals surface area contributed by atoms with Crippen molar-refractivity contribution >= 4 is 52.8 Å². The molecule has 0 unspecified atom stereocenters. The molecule has 1 heterocycles. The highest BCUT2D eigenvalue weighted by Gasteiger charge is 2.15. The predicted molar refractivity (Wildman–Crippen MR) is 140 cm³/mol. The van der Waals surface area contributed by atoms with Gasteiger partial charge in [0, 0.05) is 41.3 Å². The Morgan fingerprint density at radius 3 is 2.17 bits per heavy atom. The molecular formula is C25H20Cl2N6O3. The lowest BCUT2D eigenvalue weighted by molar-refractivity contribution is -0.384. The number of nitro groups is 1. The summed E-state index contributed by atoms with van der Waals surface area (Å²) in [5.74, 6) is 0.00468. The minimum Gasteiger partial charge on any atom is -0.350 e. The Kier molecular flexibility index (Phi) is 7.94. The lowest BCUT2D eigenvalue weighted by atomic mass is 10.2. The Balaban J connectivity index is 1.54. The molecule has 36 heavy (non-hydrogen) atoms. The number of carbonyl (C=O) groups is 1. The Labute approximate surface area is 216 Å². The van der Waals surface area contributed by atoms with Crippen molar-refractivity contribution in [2.24, 2.45) is 0 Å². The van der Waals surface area contributed by atoms with Crippen molar-refractivity contribution < 1.29 is 9.72 Å². The largest absolute Gasteiger partial charge is 0.350 e. The van der Waals surface area contributed by atoms with E-state index in [0.29, 0.717) is 28.7 Å². The zero-order chi connectivity index (χ0) is 25.5. The summed E-state index contributed by atoms with van der Waals surface area (Å²) in [4.78, 5) is 27.9. The van der Waals surface area contributed by atoms with Gasteiger partial charge in [-0.3, -0.25) is 14.9 Å². The van der Waals surface area contributed by atoms with Crippen LogP contribution in [0.25, 0.3) is 6.08 Å². The van der Waals surface area contributed by atoms with Gasteiger partial charge in [0.15, 0.2) is 0 Å². The molecule has 1 aromatic heterocycles. The fraction of sp³-hybridized carbons (Fsp3) is 0.0800. The summed E-state index contributed by atoms with van der Waals surface area (Å²) in [7, 11) is 0. The van der Waals surface area contributed by atoms with Crippen LogP contribution in [0.3, 0.4) is 0 Å². The molecule has 0 radical (unpaired) electrons. The first-order valence-corrected chi connectivity index (χ1v) is 11.5. The topological polar surface area (TPSA) is 115 Å². The third kappa shape index (κ3) is 6.68. The summed E-state index contributed by atoms with van der Waals surface area (Å²) in [5.41, 5.74) is 2.34. The summed E-state index contributed by atoms with van der Waals surface area (Å²) >= 11 is 11.9. The van der Waals surface area contributed by atoms with Gasteiger partial charge in [0.25, 0.3) is 11.6 Å². The van der Waals surface area contributed by atoms with E-state index in [9.17, 15) is 14.9 Å². The predicted octanol–water partition coefficient (Wildman–Crippen LogP) is 6.07. The van der Waals surface area contributed by atoms with Crippen molar-refractivity contribution in [3.63, 3.8) is 0 Å². The normalized spacial score (nSPS) is 10.9. The van der Waals surface area contributed by atoms with Crippen molar-refractivity contribution in [2.45, 2.75) is 13.1 Å². The fourth-order valence-electron chi connectivity index (χ4n) is 3.20. The van der Waals surface area contributed by atoms with Crippen molar-refractivity contribution in [1.29, 1.82) is 0 Å². The first kappa shape index (κ1) is 24.9. The number of benzene rings is 3. The second-order valence-corrected chi connectivity index (χ2v) is 8.53. The van der Waals surface area contributed by atoms with Gasteiger partial charge >= 0.3 is 0 Å². The molecular weight excluding hydrogens is 503 g/mol. The minimum absolute atomic E-state index is 0.0654. The molecule has 2 N–H and O–H groups in total. The van der Waals surface area contributed by atoms with Crippen LogP contribution in [0.15, 0.2) is 78.9 Å². The van der Waals surface area contributed by atoms with Crippen LogP contribution in [0.2, 0.25) is 10.0 Å². The molecule has 3 aromatic carbocycles. The van der Waals surface area contributed by atoms with Crippen LogP contribution in [0, 0.1) is 10.1 Å². The van der Waals surface area contributed by atoms with Gasteiger partial charge in [0.05, 0.1) is 4.92 Å². The average molecular weight is 523 g/mol. The summed E-state index contributed by atoms with van der Waals surface area (Å²) < 4.78 is 1.13. The van der Waals surface area contributed by atoms with Crippen LogP contribution in [0.1, 0.15) is 21.5 Å². The number of nitrogens with zero attached hydrogens (tertiary/aromatic N) is 4. The third-order valence-corrected chi connectivity index (χ3v) is 5.55. The van der Waals surface area contributed by atoms with Crippen molar-refractivity contribution in [2.75, 3.05) is 10.6 Å². The zero-order valence-electron chi connectivity index (χ0n) is 18.8. The molecule has 0 saturated carbocycles. The number of halogens is 2. The Morgan fingerprint density at radius 2 is 1.56 bits per heavy atom. The number of rotatable bonds is 9. The highest BCUT2D eigenvalue weighted by molar-refractivity contribution is 6.30. The molecule has 182 valence electrons. The van der Waals surface area contributed by atoms with Crippen molar-refractivity contribution in [1.82, 2.24) is 14.8 Å². The van der Waals surface area contributed by atoms with E-state index < -0.39 is 10.8 Å². The van der Waals surface area contributed by atoms with Gasteiger partial charge in [-0.2, -0.15) is 9.67 Å². The number of anilines is 2. The van der Waals surface area contributed by atoms with Crippen LogP contribution >= 0.6 is 23.2 Å². The Hall–Kier alpha value is -4.21. The van der Waals surface area contributed by atoms with Gasteiger partial charge in [0.1, 0.15) is 0 Å². The molecule has 0 aliphatic carbocycles. The number of hydrogen-bond acceptors (Lipinski definition) is 7. The second-order valence-electron chi connectivity index (χ2n) is 7.65. The van der Waals surface area contributed by atoms with E-state index in [1.54, 1.807) is 36.4 Å². The number of carbonyl (C=O) groups excluding carboxylic acids is 1. The monoisotopic (exact) mass is 522 g/mol. The fourth-order valence-corrected chi connectivity index (χ4v) is 3.45. The lowest BCUT2D eigenvalue weighted by Crippen LogP contribution is -2.14. The van der Waals surface area contributed by atoms with E-state index in [4.69, 9.17) is 23.2 Å². The first-order chi connectivity index (χ1) is 17.4. The van der Waals surface area contributed by atoms with E-state index in [-0.39, 0.29) is 17.6 Å². The maximum atomic E-state index is 13.0. The standard InChI is InChI=1S/C25H20Cl2N6O3/c26-20-9-4-18(5-10-20)15-28-24-30-25(29-16-19-6-11-21(27)12-7-19)32(31-24)23(34)13-8-17-2-1-3-22(14-17)33(35)36/h1-14H,15-16H2,(H2,28,29,30,31)/b13-8+. The number of nitrogens with one attached hydrogen (secondary N) is 2. The molecule has 4 rings (SSSR count). The third-order valence-electron chi connectivity index (χ3n) is 5.04. The maximum Gasteiger partial charge on any atom is 0.274 e. The van der Waals surface area contributed by atoms with Crippen LogP contribution in [0.5, 0.6) is 0 Å². The molecule has 0 atom stereocenters.